The second kappa shape index (κ2) is 19.7. The molecule has 8 aromatic carbocycles. The second-order valence-corrected chi connectivity index (χ2v) is 24.2. The molecule has 15 aromatic rings. The van der Waals surface area contributed by atoms with Gasteiger partial charge in [0, 0.05) is 78.7 Å². The number of fused-ring (bicyclic) bond motifs is 14. The highest BCUT2D eigenvalue weighted by Gasteiger charge is 2.22. The maximum Gasteiger partial charge on any atom is 0.213 e. The van der Waals surface area contributed by atoms with E-state index in [0.29, 0.717) is 5.56 Å². The lowest BCUT2D eigenvalue weighted by atomic mass is 10.0. The number of rotatable bonds is 3. The van der Waals surface area contributed by atoms with Crippen LogP contribution < -0.4 is 13.7 Å². The molecule has 0 amide bonds. The summed E-state index contributed by atoms with van der Waals surface area (Å²) in [6.07, 6.45) is 6.73. The van der Waals surface area contributed by atoms with Crippen molar-refractivity contribution < 1.29 is 17.8 Å². The zero-order valence-corrected chi connectivity index (χ0v) is 47.4. The van der Waals surface area contributed by atoms with Crippen molar-refractivity contribution in [1.82, 2.24) is 4.98 Å². The molecular weight excluding hydrogens is 1010 g/mol. The smallest absolute Gasteiger partial charge is 0.213 e. The molecule has 0 bridgehead atoms. The van der Waals surface area contributed by atoms with Crippen molar-refractivity contribution in [2.45, 2.75) is 41.5 Å². The number of benzene rings is 8. The molecule has 0 radical (unpaired) electrons. The van der Waals surface area contributed by atoms with Crippen molar-refractivity contribution in [3.05, 3.63) is 228 Å². The first-order valence-electron chi connectivity index (χ1n) is 27.9. The zero-order chi connectivity index (χ0) is 56.0. The van der Waals surface area contributed by atoms with Gasteiger partial charge in [-0.25, -0.2) is 18.7 Å². The Labute approximate surface area is 471 Å². The summed E-state index contributed by atoms with van der Waals surface area (Å²) >= 11 is 5.52. The molecule has 0 spiro atoms. The van der Waals surface area contributed by atoms with Gasteiger partial charge in [0.25, 0.3) is 0 Å². The Morgan fingerprint density at radius 1 is 0.359 bits per heavy atom. The lowest BCUT2D eigenvalue weighted by Gasteiger charge is -2.05. The van der Waals surface area contributed by atoms with Crippen LogP contribution in [0.2, 0.25) is 0 Å². The van der Waals surface area contributed by atoms with E-state index >= 15 is 0 Å². The van der Waals surface area contributed by atoms with Gasteiger partial charge in [0.2, 0.25) is 17.1 Å². The molecule has 0 unspecified atom stereocenters. The molecule has 7 heteroatoms. The minimum absolute atomic E-state index is 0.375. The van der Waals surface area contributed by atoms with Crippen molar-refractivity contribution in [2.75, 3.05) is 0 Å². The summed E-state index contributed by atoms with van der Waals surface area (Å²) in [5.41, 5.74) is 15.8. The van der Waals surface area contributed by atoms with Crippen molar-refractivity contribution in [2.24, 2.45) is 21.1 Å². The summed E-state index contributed by atoms with van der Waals surface area (Å²) in [6, 6.07) is 62.5. The number of aromatic nitrogens is 4. The van der Waals surface area contributed by atoms with E-state index in [-0.39, 0.29) is 0 Å². The molecule has 0 atom stereocenters. The Balaban J connectivity index is 0.000000115. The maximum absolute atomic E-state index is 7.65. The third-order valence-corrected chi connectivity index (χ3v) is 18.8. The van der Waals surface area contributed by atoms with Gasteiger partial charge in [-0.05, 0) is 128 Å². The molecule has 0 aliphatic carbocycles. The summed E-state index contributed by atoms with van der Waals surface area (Å²) in [4.78, 5) is 4.94. The van der Waals surface area contributed by atoms with Gasteiger partial charge in [-0.3, -0.25) is 0 Å². The lowest BCUT2D eigenvalue weighted by Crippen LogP contribution is -2.30. The van der Waals surface area contributed by atoms with E-state index < -0.39 is 6.85 Å². The first kappa shape index (κ1) is 45.9. The molecular formula is C71H59N4S3+3. The van der Waals surface area contributed by atoms with E-state index in [1.54, 1.807) is 23.5 Å². The number of nitrogens with zero attached hydrogens (tertiary/aromatic N) is 4. The topological polar surface area (TPSA) is 24.5 Å². The fourth-order valence-corrected chi connectivity index (χ4v) is 14.8. The Hall–Kier alpha value is -8.20. The van der Waals surface area contributed by atoms with Gasteiger partial charge in [-0.2, -0.15) is 0 Å². The SMILES string of the molecule is Cc1ccc2c(ccc3sc4cc(-c5ccccc5C)[n+](C)cc4c32)c1.Cc1ccccc1-c1cc2sc3ccc4ccccc4c3c2c[n+]1C.[2H]C([2H])([2H])c1ccc(-c2cc3sc4cc5cc(C)ccc5nc4c3c[n+]2C)c(C)c1. The normalized spacial score (nSPS) is 12.4. The molecule has 378 valence electrons. The summed E-state index contributed by atoms with van der Waals surface area (Å²) in [5.74, 6) is 0. The molecule has 15 rings (SSSR count). The summed E-state index contributed by atoms with van der Waals surface area (Å²) in [7, 11) is 6.33. The van der Waals surface area contributed by atoms with E-state index in [4.69, 9.17) is 9.10 Å². The van der Waals surface area contributed by atoms with Crippen LogP contribution in [0.25, 0.3) is 127 Å². The molecule has 0 fully saturated rings. The van der Waals surface area contributed by atoms with Crippen molar-refractivity contribution in [1.29, 1.82) is 0 Å². The average molecular weight is 1070 g/mol. The van der Waals surface area contributed by atoms with Gasteiger partial charge in [0.1, 0.15) is 21.1 Å². The Morgan fingerprint density at radius 2 is 0.846 bits per heavy atom. The monoisotopic (exact) mass is 1070 g/mol. The van der Waals surface area contributed by atoms with Gasteiger partial charge in [0.05, 0.1) is 31.9 Å². The molecule has 0 aliphatic rings. The van der Waals surface area contributed by atoms with Gasteiger partial charge in [-0.1, -0.05) is 126 Å². The molecule has 7 aromatic heterocycles. The maximum atomic E-state index is 7.65. The first-order valence-corrected chi connectivity index (χ1v) is 28.9. The minimum Gasteiger partial charge on any atom is -0.246 e. The van der Waals surface area contributed by atoms with Gasteiger partial charge in [0.15, 0.2) is 18.6 Å². The quantitative estimate of drug-likeness (QED) is 0.162. The first-order chi connectivity index (χ1) is 39.0. The fraction of sp³-hybridized carbons (Fsp3) is 0.127. The minimum atomic E-state index is -2.09. The number of thiophene rings is 3. The summed E-state index contributed by atoms with van der Waals surface area (Å²) in [5, 5.41) is 13.1. The van der Waals surface area contributed by atoms with Crippen molar-refractivity contribution in [3.63, 3.8) is 0 Å². The van der Waals surface area contributed by atoms with Gasteiger partial charge >= 0.3 is 0 Å². The summed E-state index contributed by atoms with van der Waals surface area (Å²) in [6.45, 7) is 8.49. The van der Waals surface area contributed by atoms with E-state index in [2.05, 4.69) is 232 Å². The third-order valence-electron chi connectivity index (χ3n) is 15.5. The molecule has 0 saturated heterocycles. The van der Waals surface area contributed by atoms with Crippen LogP contribution in [0.3, 0.4) is 0 Å². The highest BCUT2D eigenvalue weighted by molar-refractivity contribution is 7.26. The van der Waals surface area contributed by atoms with Crippen LogP contribution in [0, 0.1) is 41.5 Å². The largest absolute Gasteiger partial charge is 0.246 e. The van der Waals surface area contributed by atoms with Crippen molar-refractivity contribution >= 4 is 127 Å². The standard InChI is InChI=1S/C24H21N2S.C24H20NS.C23H18NS/c1-14-5-7-18(16(3)9-14)21-12-22-19(13-26(21)4)24-23(27-22)11-17-10-15(2)6-8-20(17)25-24;1-15-8-10-19-17(12-15)9-11-22-24(19)20-14-25(3)21(13-23(20)26-22)18-7-5-4-6-16(18)2;1-15-7-3-5-9-17(15)20-13-22-19(14-24(20)2)23-18-10-6-4-8-16(18)11-12-21(23)25-22/h5-13H,1-4H3;4-14H,1-3H3;3-14H,1-2H3/q3*+1/i1D3;;. The van der Waals surface area contributed by atoms with Crippen LogP contribution in [0.1, 0.15) is 37.5 Å². The molecule has 0 N–H and O–H groups in total. The molecule has 78 heavy (non-hydrogen) atoms. The van der Waals surface area contributed by atoms with Gasteiger partial charge < -0.3 is 0 Å². The average Bonchev–Trinajstić information content (AvgIpc) is 4.09. The predicted octanol–water partition coefficient (Wildman–Crippen LogP) is 18.3. The summed E-state index contributed by atoms with van der Waals surface area (Å²) < 4.78 is 37.4. The van der Waals surface area contributed by atoms with Gasteiger partial charge in [-0.15, -0.1) is 34.0 Å². The Bertz CT molecular complexity index is 5050. The fourth-order valence-electron chi connectivity index (χ4n) is 11.5. The second-order valence-electron chi connectivity index (χ2n) is 21.0. The lowest BCUT2D eigenvalue weighted by molar-refractivity contribution is -0.659. The Morgan fingerprint density at radius 3 is 1.45 bits per heavy atom. The van der Waals surface area contributed by atoms with E-state index in [0.717, 1.165) is 38.6 Å². The highest BCUT2D eigenvalue weighted by atomic mass is 32.1. The van der Waals surface area contributed by atoms with Crippen LogP contribution >= 0.6 is 34.0 Å². The molecule has 0 saturated carbocycles. The van der Waals surface area contributed by atoms with Crippen LogP contribution in [-0.2, 0) is 21.1 Å². The van der Waals surface area contributed by atoms with E-state index in [1.807, 2.05) is 42.7 Å². The molecule has 4 nitrogen and oxygen atoms in total. The number of aryl methyl sites for hydroxylation is 9. The predicted molar refractivity (Wildman–Crippen MR) is 337 cm³/mol. The van der Waals surface area contributed by atoms with Crippen LogP contribution in [0.4, 0.5) is 0 Å². The van der Waals surface area contributed by atoms with E-state index in [1.165, 1.54) is 116 Å². The van der Waals surface area contributed by atoms with Crippen LogP contribution in [0.5, 0.6) is 0 Å². The molecule has 0 aliphatic heterocycles. The van der Waals surface area contributed by atoms with E-state index in [9.17, 15) is 0 Å². The Kier molecular flexibility index (Phi) is 11.6. The van der Waals surface area contributed by atoms with Crippen LogP contribution in [-0.4, -0.2) is 4.98 Å². The third kappa shape index (κ3) is 8.76. The number of hydrogen-bond acceptors (Lipinski definition) is 4. The van der Waals surface area contributed by atoms with Crippen LogP contribution in [0.15, 0.2) is 195 Å². The number of pyridine rings is 4. The zero-order valence-electron chi connectivity index (χ0n) is 48.0. The molecule has 7 heterocycles. The highest BCUT2D eigenvalue weighted by Crippen LogP contribution is 2.42. The number of hydrogen-bond donors (Lipinski definition) is 0. The van der Waals surface area contributed by atoms with Crippen molar-refractivity contribution in [3.8, 4) is 33.8 Å².